The third kappa shape index (κ3) is 21.9. The molecule has 0 radical (unpaired) electrons. The summed E-state index contributed by atoms with van der Waals surface area (Å²) < 4.78 is 31.9. The predicted octanol–water partition coefficient (Wildman–Crippen LogP) is 4.43. The number of ether oxygens (including phenoxy) is 2. The van der Waals surface area contributed by atoms with Crippen molar-refractivity contribution < 1.29 is 47.8 Å². The van der Waals surface area contributed by atoms with Crippen molar-refractivity contribution >= 4 is 19.8 Å². The van der Waals surface area contributed by atoms with Gasteiger partial charge in [0.15, 0.2) is 6.10 Å². The van der Waals surface area contributed by atoms with Gasteiger partial charge < -0.3 is 24.6 Å². The molecule has 0 aromatic carbocycles. The normalized spacial score (nSPS) is 14.8. The molecule has 0 aliphatic carbocycles. The number of aliphatic hydroxyl groups is 2. The molecule has 11 heteroatoms. The number of phosphoric ester groups is 1. The van der Waals surface area contributed by atoms with E-state index in [1.165, 1.54) is 19.3 Å². The molecular formula is C24H47O10P. The first-order valence-corrected chi connectivity index (χ1v) is 14.5. The SMILES string of the molecule is CCCCCCCCCC(=O)OC[C@H](COP(=O)(O)OC[C@@H](O)CO)OC(=O)CCCCCCC. The van der Waals surface area contributed by atoms with Gasteiger partial charge in [0.1, 0.15) is 12.7 Å². The lowest BCUT2D eigenvalue weighted by Gasteiger charge is -2.20. The zero-order valence-corrected chi connectivity index (χ0v) is 22.4. The lowest BCUT2D eigenvalue weighted by molar-refractivity contribution is -0.161. The van der Waals surface area contributed by atoms with Crippen LogP contribution >= 0.6 is 7.82 Å². The van der Waals surface area contributed by atoms with Gasteiger partial charge in [-0.15, -0.1) is 0 Å². The summed E-state index contributed by atoms with van der Waals surface area (Å²) in [4.78, 5) is 34.0. The molecule has 1 unspecified atom stereocenters. The van der Waals surface area contributed by atoms with Crippen molar-refractivity contribution in [3.63, 3.8) is 0 Å². The standard InChI is InChI=1S/C24H47O10P/c1-3-5-7-9-10-12-13-15-23(27)31-19-22(34-24(28)16-14-11-8-6-4-2)20-33-35(29,30)32-18-21(26)17-25/h21-22,25-26H,3-20H2,1-2H3,(H,29,30)/t21-,22+/m0/s1. The second kappa shape index (κ2) is 22.2. The third-order valence-corrected chi connectivity index (χ3v) is 6.21. The Balaban J connectivity index is 4.54. The molecule has 3 atom stereocenters. The lowest BCUT2D eigenvalue weighted by Crippen LogP contribution is -2.29. The molecule has 0 aromatic rings. The van der Waals surface area contributed by atoms with E-state index in [2.05, 4.69) is 18.4 Å². The number of rotatable bonds is 24. The highest BCUT2D eigenvalue weighted by Crippen LogP contribution is 2.43. The summed E-state index contributed by atoms with van der Waals surface area (Å²) in [6, 6.07) is 0. The van der Waals surface area contributed by atoms with Crippen LogP contribution in [0.15, 0.2) is 0 Å². The van der Waals surface area contributed by atoms with Gasteiger partial charge in [-0.25, -0.2) is 4.57 Å². The summed E-state index contributed by atoms with van der Waals surface area (Å²) in [6.07, 6.45) is 10.2. The average molecular weight is 527 g/mol. The van der Waals surface area contributed by atoms with Gasteiger partial charge in [0, 0.05) is 12.8 Å². The van der Waals surface area contributed by atoms with Crippen LogP contribution in [0.5, 0.6) is 0 Å². The van der Waals surface area contributed by atoms with E-state index in [9.17, 15) is 24.2 Å². The van der Waals surface area contributed by atoms with E-state index in [1.807, 2.05) is 0 Å². The zero-order valence-electron chi connectivity index (χ0n) is 21.5. The molecular weight excluding hydrogens is 479 g/mol. The number of aliphatic hydroxyl groups excluding tert-OH is 2. The van der Waals surface area contributed by atoms with Gasteiger partial charge >= 0.3 is 19.8 Å². The van der Waals surface area contributed by atoms with E-state index >= 15 is 0 Å². The minimum Gasteiger partial charge on any atom is -0.462 e. The Hall–Kier alpha value is -1.03. The van der Waals surface area contributed by atoms with Gasteiger partial charge in [0.05, 0.1) is 19.8 Å². The van der Waals surface area contributed by atoms with Crippen LogP contribution in [-0.2, 0) is 32.7 Å². The van der Waals surface area contributed by atoms with Crippen LogP contribution in [0.25, 0.3) is 0 Å². The minimum atomic E-state index is -4.57. The highest BCUT2D eigenvalue weighted by Gasteiger charge is 2.27. The first-order valence-electron chi connectivity index (χ1n) is 13.0. The lowest BCUT2D eigenvalue weighted by atomic mass is 10.1. The summed E-state index contributed by atoms with van der Waals surface area (Å²) in [5, 5.41) is 18.0. The molecule has 208 valence electrons. The van der Waals surface area contributed by atoms with Crippen molar-refractivity contribution in [2.45, 2.75) is 116 Å². The van der Waals surface area contributed by atoms with Crippen LogP contribution < -0.4 is 0 Å². The Bertz CT molecular complexity index is 587. The molecule has 0 aliphatic rings. The van der Waals surface area contributed by atoms with E-state index in [-0.39, 0.29) is 19.4 Å². The first kappa shape index (κ1) is 34.0. The maximum atomic E-state index is 12.2. The summed E-state index contributed by atoms with van der Waals surface area (Å²) in [6.45, 7) is 2.16. The van der Waals surface area contributed by atoms with Crippen LogP contribution in [-0.4, -0.2) is 65.7 Å². The Morgan fingerprint density at radius 1 is 0.743 bits per heavy atom. The fourth-order valence-corrected chi connectivity index (χ4v) is 3.96. The molecule has 3 N–H and O–H groups in total. The van der Waals surface area contributed by atoms with Crippen LogP contribution in [0.1, 0.15) is 104 Å². The molecule has 0 heterocycles. The Morgan fingerprint density at radius 3 is 1.77 bits per heavy atom. The smallest absolute Gasteiger partial charge is 0.462 e. The van der Waals surface area contributed by atoms with E-state index in [0.29, 0.717) is 12.8 Å². The summed E-state index contributed by atoms with van der Waals surface area (Å²) >= 11 is 0. The monoisotopic (exact) mass is 526 g/mol. The average Bonchev–Trinajstić information content (AvgIpc) is 2.83. The fraction of sp³-hybridized carbons (Fsp3) is 0.917. The van der Waals surface area contributed by atoms with Crippen molar-refractivity contribution in [1.82, 2.24) is 0 Å². The first-order chi connectivity index (χ1) is 16.7. The Morgan fingerprint density at radius 2 is 1.23 bits per heavy atom. The van der Waals surface area contributed by atoms with Crippen molar-refractivity contribution in [3.8, 4) is 0 Å². The molecule has 35 heavy (non-hydrogen) atoms. The predicted molar refractivity (Wildman–Crippen MR) is 132 cm³/mol. The van der Waals surface area contributed by atoms with Crippen molar-refractivity contribution in [2.24, 2.45) is 0 Å². The van der Waals surface area contributed by atoms with Crippen molar-refractivity contribution in [3.05, 3.63) is 0 Å². The van der Waals surface area contributed by atoms with Crippen molar-refractivity contribution in [2.75, 3.05) is 26.4 Å². The van der Waals surface area contributed by atoms with Crippen LogP contribution in [0.4, 0.5) is 0 Å². The zero-order chi connectivity index (χ0) is 26.4. The molecule has 0 aromatic heterocycles. The number of esters is 2. The summed E-state index contributed by atoms with van der Waals surface area (Å²) in [5.74, 6) is -0.948. The van der Waals surface area contributed by atoms with Crippen molar-refractivity contribution in [1.29, 1.82) is 0 Å². The van der Waals surface area contributed by atoms with Crippen LogP contribution in [0, 0.1) is 0 Å². The number of phosphoric acid groups is 1. The molecule has 0 fully saturated rings. The maximum Gasteiger partial charge on any atom is 0.472 e. The Labute approximate surface area is 210 Å². The van der Waals surface area contributed by atoms with E-state index < -0.39 is 51.8 Å². The molecule has 0 bridgehead atoms. The topological polar surface area (TPSA) is 149 Å². The van der Waals surface area contributed by atoms with Gasteiger partial charge in [0.2, 0.25) is 0 Å². The number of unbranched alkanes of at least 4 members (excludes halogenated alkanes) is 10. The third-order valence-electron chi connectivity index (χ3n) is 5.26. The number of carbonyl (C=O) groups excluding carboxylic acids is 2. The maximum absolute atomic E-state index is 12.2. The van der Waals surface area contributed by atoms with Gasteiger partial charge in [-0.05, 0) is 12.8 Å². The van der Waals surface area contributed by atoms with E-state index in [0.717, 1.165) is 44.9 Å². The molecule has 0 amide bonds. The quantitative estimate of drug-likeness (QED) is 0.0936. The summed E-state index contributed by atoms with van der Waals surface area (Å²) in [5.41, 5.74) is 0. The fourth-order valence-electron chi connectivity index (χ4n) is 3.17. The molecule has 0 rings (SSSR count). The molecule has 0 saturated carbocycles. The van der Waals surface area contributed by atoms with Gasteiger partial charge in [-0.3, -0.25) is 18.6 Å². The van der Waals surface area contributed by atoms with Gasteiger partial charge in [-0.1, -0.05) is 78.1 Å². The van der Waals surface area contributed by atoms with Gasteiger partial charge in [0.25, 0.3) is 0 Å². The highest BCUT2D eigenvalue weighted by atomic mass is 31.2. The van der Waals surface area contributed by atoms with Crippen LogP contribution in [0.2, 0.25) is 0 Å². The minimum absolute atomic E-state index is 0.183. The number of hydrogen-bond acceptors (Lipinski definition) is 9. The number of carbonyl (C=O) groups is 2. The van der Waals surface area contributed by atoms with Crippen LogP contribution in [0.3, 0.4) is 0 Å². The van der Waals surface area contributed by atoms with Gasteiger partial charge in [-0.2, -0.15) is 0 Å². The molecule has 0 aliphatic heterocycles. The number of hydrogen-bond donors (Lipinski definition) is 3. The second-order valence-corrected chi connectivity index (χ2v) is 10.2. The molecule has 0 saturated heterocycles. The Kier molecular flexibility index (Phi) is 21.5. The molecule has 10 nitrogen and oxygen atoms in total. The highest BCUT2D eigenvalue weighted by molar-refractivity contribution is 7.47. The van der Waals surface area contributed by atoms with E-state index in [1.54, 1.807) is 0 Å². The van der Waals surface area contributed by atoms with E-state index in [4.69, 9.17) is 19.1 Å². The second-order valence-electron chi connectivity index (χ2n) is 8.73. The molecule has 0 spiro atoms. The summed E-state index contributed by atoms with van der Waals surface area (Å²) in [7, 11) is -4.57. The largest absolute Gasteiger partial charge is 0.472 e.